The second-order valence-electron chi connectivity index (χ2n) is 4.69. The molecule has 0 aromatic heterocycles. The molecule has 0 heterocycles. The first-order valence-corrected chi connectivity index (χ1v) is 7.92. The van der Waals surface area contributed by atoms with E-state index in [9.17, 15) is 0 Å². The predicted molar refractivity (Wildman–Crippen MR) is 88.2 cm³/mol. The van der Waals surface area contributed by atoms with Gasteiger partial charge in [-0.3, -0.25) is 0 Å². The number of benzene rings is 2. The van der Waals surface area contributed by atoms with E-state index in [1.807, 2.05) is 6.07 Å². The molecule has 0 amide bonds. The van der Waals surface area contributed by atoms with Gasteiger partial charge in [-0.15, -0.1) is 0 Å². The van der Waals surface area contributed by atoms with Gasteiger partial charge in [-0.1, -0.05) is 68.3 Å². The number of halogens is 2. The molecule has 3 heteroatoms. The SMILES string of the molecule is CC(N[C@H](C)c1ccccc1)c1ccc(Br)cc1Br. The molecule has 1 unspecified atom stereocenters. The first kappa shape index (κ1) is 14.8. The normalized spacial score (nSPS) is 14.1. The van der Waals surface area contributed by atoms with E-state index in [-0.39, 0.29) is 6.04 Å². The molecule has 0 saturated carbocycles. The molecule has 100 valence electrons. The molecule has 0 aliphatic rings. The van der Waals surface area contributed by atoms with E-state index in [1.54, 1.807) is 0 Å². The Morgan fingerprint density at radius 3 is 2.21 bits per heavy atom. The minimum atomic E-state index is 0.290. The van der Waals surface area contributed by atoms with Crippen molar-refractivity contribution in [3.05, 3.63) is 68.6 Å². The van der Waals surface area contributed by atoms with E-state index in [4.69, 9.17) is 0 Å². The van der Waals surface area contributed by atoms with E-state index in [1.165, 1.54) is 11.1 Å². The van der Waals surface area contributed by atoms with Crippen molar-refractivity contribution < 1.29 is 0 Å². The van der Waals surface area contributed by atoms with Gasteiger partial charge in [0.25, 0.3) is 0 Å². The first-order valence-electron chi connectivity index (χ1n) is 6.34. The molecule has 0 radical (unpaired) electrons. The Bertz CT molecular complexity index is 540. The van der Waals surface area contributed by atoms with Gasteiger partial charge in [0, 0.05) is 21.0 Å². The average Bonchev–Trinajstić information content (AvgIpc) is 2.39. The molecular weight excluding hydrogens is 366 g/mol. The summed E-state index contributed by atoms with van der Waals surface area (Å²) in [7, 11) is 0. The van der Waals surface area contributed by atoms with Crippen LogP contribution < -0.4 is 5.32 Å². The highest BCUT2D eigenvalue weighted by Gasteiger charge is 2.13. The molecule has 0 fully saturated rings. The van der Waals surface area contributed by atoms with Gasteiger partial charge < -0.3 is 5.32 Å². The van der Waals surface area contributed by atoms with Crippen LogP contribution in [0.25, 0.3) is 0 Å². The van der Waals surface area contributed by atoms with Crippen LogP contribution in [0.3, 0.4) is 0 Å². The monoisotopic (exact) mass is 381 g/mol. The maximum atomic E-state index is 3.63. The van der Waals surface area contributed by atoms with Crippen LogP contribution in [0.15, 0.2) is 57.5 Å². The van der Waals surface area contributed by atoms with E-state index in [2.05, 4.69) is 93.5 Å². The van der Waals surface area contributed by atoms with E-state index < -0.39 is 0 Å². The van der Waals surface area contributed by atoms with Crippen LogP contribution in [0.4, 0.5) is 0 Å². The fraction of sp³-hybridized carbons (Fsp3) is 0.250. The summed E-state index contributed by atoms with van der Waals surface area (Å²) in [5, 5.41) is 3.63. The quantitative estimate of drug-likeness (QED) is 0.723. The summed E-state index contributed by atoms with van der Waals surface area (Å²) in [6.45, 7) is 4.38. The van der Waals surface area contributed by atoms with Gasteiger partial charge in [0.05, 0.1) is 0 Å². The van der Waals surface area contributed by atoms with Gasteiger partial charge in [-0.2, -0.15) is 0 Å². The molecule has 2 rings (SSSR count). The smallest absolute Gasteiger partial charge is 0.0308 e. The molecule has 0 aliphatic carbocycles. The lowest BCUT2D eigenvalue weighted by molar-refractivity contribution is 0.493. The second-order valence-corrected chi connectivity index (χ2v) is 6.46. The summed E-state index contributed by atoms with van der Waals surface area (Å²) in [5.41, 5.74) is 2.58. The maximum absolute atomic E-state index is 3.63. The number of nitrogens with one attached hydrogen (secondary N) is 1. The van der Waals surface area contributed by atoms with Crippen molar-refractivity contribution in [2.45, 2.75) is 25.9 Å². The Kier molecular flexibility index (Phi) is 5.20. The van der Waals surface area contributed by atoms with Crippen LogP contribution >= 0.6 is 31.9 Å². The molecular formula is C16H17Br2N. The molecule has 2 atom stereocenters. The van der Waals surface area contributed by atoms with Crippen LogP contribution in [0.5, 0.6) is 0 Å². The summed E-state index contributed by atoms with van der Waals surface area (Å²) >= 11 is 7.11. The topological polar surface area (TPSA) is 12.0 Å². The van der Waals surface area contributed by atoms with E-state index in [0.717, 1.165) is 8.95 Å². The Morgan fingerprint density at radius 1 is 0.895 bits per heavy atom. The summed E-state index contributed by atoms with van der Waals surface area (Å²) in [5.74, 6) is 0. The third-order valence-electron chi connectivity index (χ3n) is 3.23. The molecule has 0 bridgehead atoms. The van der Waals surface area contributed by atoms with Crippen LogP contribution in [-0.2, 0) is 0 Å². The number of hydrogen-bond acceptors (Lipinski definition) is 1. The predicted octanol–water partition coefficient (Wildman–Crippen LogP) is 5.62. The highest BCUT2D eigenvalue weighted by atomic mass is 79.9. The fourth-order valence-electron chi connectivity index (χ4n) is 2.16. The molecule has 1 nitrogen and oxygen atoms in total. The zero-order valence-corrected chi connectivity index (χ0v) is 14.2. The van der Waals surface area contributed by atoms with Crippen molar-refractivity contribution in [3.8, 4) is 0 Å². The summed E-state index contributed by atoms with van der Waals surface area (Å²) in [6, 6.07) is 17.4. The third-order valence-corrected chi connectivity index (χ3v) is 4.41. The van der Waals surface area contributed by atoms with Crippen LogP contribution in [0.1, 0.15) is 37.1 Å². The van der Waals surface area contributed by atoms with Crippen molar-refractivity contribution in [2.24, 2.45) is 0 Å². The van der Waals surface area contributed by atoms with Crippen molar-refractivity contribution >= 4 is 31.9 Å². The van der Waals surface area contributed by atoms with Crippen LogP contribution in [0, 0.1) is 0 Å². The van der Waals surface area contributed by atoms with Crippen molar-refractivity contribution in [1.29, 1.82) is 0 Å². The molecule has 0 spiro atoms. The lowest BCUT2D eigenvalue weighted by atomic mass is 10.0. The fourth-order valence-corrected chi connectivity index (χ4v) is 3.55. The number of rotatable bonds is 4. The second kappa shape index (κ2) is 6.69. The van der Waals surface area contributed by atoms with Crippen molar-refractivity contribution in [1.82, 2.24) is 5.32 Å². The Hall–Kier alpha value is -0.640. The lowest BCUT2D eigenvalue weighted by Gasteiger charge is -2.21. The lowest BCUT2D eigenvalue weighted by Crippen LogP contribution is -2.22. The van der Waals surface area contributed by atoms with E-state index in [0.29, 0.717) is 6.04 Å². The maximum Gasteiger partial charge on any atom is 0.0308 e. The standard InChI is InChI=1S/C16H17Br2N/c1-11(13-6-4-3-5-7-13)19-12(2)15-9-8-14(17)10-16(15)18/h3-12,19H,1-2H3/t11-,12?/m1/s1. The molecule has 0 aliphatic heterocycles. The summed E-state index contributed by atoms with van der Waals surface area (Å²) in [6.07, 6.45) is 0. The van der Waals surface area contributed by atoms with E-state index >= 15 is 0 Å². The summed E-state index contributed by atoms with van der Waals surface area (Å²) in [4.78, 5) is 0. The van der Waals surface area contributed by atoms with Crippen LogP contribution in [-0.4, -0.2) is 0 Å². The van der Waals surface area contributed by atoms with Crippen molar-refractivity contribution in [3.63, 3.8) is 0 Å². The average molecular weight is 383 g/mol. The zero-order valence-electron chi connectivity index (χ0n) is 11.0. The third kappa shape index (κ3) is 3.91. The van der Waals surface area contributed by atoms with Gasteiger partial charge >= 0.3 is 0 Å². The summed E-state index contributed by atoms with van der Waals surface area (Å²) < 4.78 is 2.22. The van der Waals surface area contributed by atoms with Gasteiger partial charge in [-0.25, -0.2) is 0 Å². The Morgan fingerprint density at radius 2 is 1.58 bits per heavy atom. The molecule has 2 aromatic rings. The highest BCUT2D eigenvalue weighted by molar-refractivity contribution is 9.11. The Balaban J connectivity index is 2.10. The van der Waals surface area contributed by atoms with Crippen LogP contribution in [0.2, 0.25) is 0 Å². The van der Waals surface area contributed by atoms with Gasteiger partial charge in [0.15, 0.2) is 0 Å². The molecule has 0 saturated heterocycles. The minimum absolute atomic E-state index is 0.290. The zero-order chi connectivity index (χ0) is 13.8. The minimum Gasteiger partial charge on any atom is -0.304 e. The number of hydrogen-bond donors (Lipinski definition) is 1. The first-order chi connectivity index (χ1) is 9.08. The molecule has 19 heavy (non-hydrogen) atoms. The van der Waals surface area contributed by atoms with Gasteiger partial charge in [0.1, 0.15) is 0 Å². The van der Waals surface area contributed by atoms with Crippen molar-refractivity contribution in [2.75, 3.05) is 0 Å². The van der Waals surface area contributed by atoms with Gasteiger partial charge in [-0.05, 0) is 37.1 Å². The highest BCUT2D eigenvalue weighted by Crippen LogP contribution is 2.28. The van der Waals surface area contributed by atoms with Gasteiger partial charge in [0.2, 0.25) is 0 Å². The largest absolute Gasteiger partial charge is 0.304 e. The molecule has 2 aromatic carbocycles. The Labute approximate surface area is 131 Å². The molecule has 1 N–H and O–H groups in total.